The quantitative estimate of drug-likeness (QED) is 0.201. The molecule has 10 heteroatoms. The summed E-state index contributed by atoms with van der Waals surface area (Å²) in [6.07, 6.45) is 8.90. The van der Waals surface area contributed by atoms with E-state index in [2.05, 4.69) is 35.3 Å². The summed E-state index contributed by atoms with van der Waals surface area (Å²) in [5.41, 5.74) is 5.50. The number of pyridine rings is 5. The van der Waals surface area contributed by atoms with Gasteiger partial charge in [-0.25, -0.2) is 19.5 Å². The lowest BCUT2D eigenvalue weighted by molar-refractivity contribution is 0.879. The Hall–Kier alpha value is -6.68. The van der Waals surface area contributed by atoms with Crippen LogP contribution in [0.2, 0.25) is 0 Å². The maximum absolute atomic E-state index is 5.10. The van der Waals surface area contributed by atoms with Gasteiger partial charge in [-0.3, -0.25) is 14.5 Å². The minimum Gasteiger partial charge on any atom is -0.262 e. The second-order valence-corrected chi connectivity index (χ2v) is 11.0. The first kappa shape index (κ1) is 24.7. The van der Waals surface area contributed by atoms with Crippen LogP contribution in [0.15, 0.2) is 122 Å². The molecule has 0 spiro atoms. The Bertz CT molecular complexity index is 2600. The molecule has 0 saturated heterocycles. The molecule has 2 aromatic carbocycles. The first-order chi connectivity index (χ1) is 22.8. The summed E-state index contributed by atoms with van der Waals surface area (Å²) >= 11 is 0. The van der Waals surface area contributed by atoms with Crippen LogP contribution in [0.3, 0.4) is 0 Å². The standard InChI is InChI=1S/C36H20N10/c1-2-12-28-24(8-1)25-9-4-16-38-32(25)45(28)35-42-31(23-19-22-14-13-21-7-3-15-37-29(21)30(22)41-20-23)43-36(44-35)46-33-26(10-5-17-39-33)27-11-6-18-40-34(27)46/h1-20H. The molecule has 0 aliphatic heterocycles. The predicted octanol–water partition coefficient (Wildman–Crippen LogP) is 7.01. The van der Waals surface area contributed by atoms with Crippen molar-refractivity contribution in [3.8, 4) is 23.3 Å². The molecule has 10 rings (SSSR count). The molecule has 0 bridgehead atoms. The van der Waals surface area contributed by atoms with E-state index in [0.717, 1.165) is 60.1 Å². The number of benzene rings is 2. The van der Waals surface area contributed by atoms with E-state index in [-0.39, 0.29) is 0 Å². The van der Waals surface area contributed by atoms with Crippen LogP contribution < -0.4 is 0 Å². The summed E-state index contributed by atoms with van der Waals surface area (Å²) < 4.78 is 3.88. The van der Waals surface area contributed by atoms with Crippen LogP contribution in [0.25, 0.3) is 89.1 Å². The lowest BCUT2D eigenvalue weighted by Gasteiger charge is -2.12. The number of hydrogen-bond donors (Lipinski definition) is 0. The van der Waals surface area contributed by atoms with E-state index >= 15 is 0 Å². The Morgan fingerprint density at radius 1 is 0.435 bits per heavy atom. The monoisotopic (exact) mass is 592 g/mol. The number of nitrogens with zero attached hydrogens (tertiary/aromatic N) is 10. The summed E-state index contributed by atoms with van der Waals surface area (Å²) in [6.45, 7) is 0. The zero-order valence-corrected chi connectivity index (χ0v) is 24.0. The van der Waals surface area contributed by atoms with Gasteiger partial charge in [0.25, 0.3) is 0 Å². The molecule has 8 heterocycles. The van der Waals surface area contributed by atoms with Crippen molar-refractivity contribution in [2.75, 3.05) is 0 Å². The maximum atomic E-state index is 5.10. The summed E-state index contributed by atoms with van der Waals surface area (Å²) in [4.78, 5) is 38.9. The van der Waals surface area contributed by atoms with Gasteiger partial charge in [0.15, 0.2) is 5.82 Å². The van der Waals surface area contributed by atoms with Crippen LogP contribution in [0.5, 0.6) is 0 Å². The molecule has 0 aliphatic carbocycles. The van der Waals surface area contributed by atoms with Crippen molar-refractivity contribution in [1.82, 2.24) is 49.0 Å². The predicted molar refractivity (Wildman–Crippen MR) is 178 cm³/mol. The molecule has 0 N–H and O–H groups in total. The molecule has 0 amide bonds. The van der Waals surface area contributed by atoms with Crippen LogP contribution in [-0.4, -0.2) is 49.0 Å². The first-order valence-corrected chi connectivity index (χ1v) is 14.8. The molecule has 0 aliphatic rings. The van der Waals surface area contributed by atoms with Crippen molar-refractivity contribution in [2.24, 2.45) is 0 Å². The molecule has 0 atom stereocenters. The smallest absolute Gasteiger partial charge is 0.242 e. The molecule has 46 heavy (non-hydrogen) atoms. The second kappa shape index (κ2) is 9.41. The average molecular weight is 593 g/mol. The van der Waals surface area contributed by atoms with Gasteiger partial charge in [-0.15, -0.1) is 0 Å². The Kier molecular flexibility index (Phi) is 5.06. The Morgan fingerprint density at radius 3 is 1.76 bits per heavy atom. The SMILES string of the molecule is c1cnc2c(c1)ccc1cc(-c3nc(-n4c5ccccc5c5cccnc54)nc(-n4c5ncccc5c5cccnc54)n3)cnc12. The third-order valence-corrected chi connectivity index (χ3v) is 8.41. The summed E-state index contributed by atoms with van der Waals surface area (Å²) in [5, 5.41) is 5.95. The zero-order valence-electron chi connectivity index (χ0n) is 24.0. The molecule has 0 fully saturated rings. The minimum atomic E-state index is 0.388. The number of aromatic nitrogens is 10. The maximum Gasteiger partial charge on any atom is 0.242 e. The molecule has 0 saturated carbocycles. The van der Waals surface area contributed by atoms with E-state index in [1.54, 1.807) is 31.0 Å². The van der Waals surface area contributed by atoms with Crippen molar-refractivity contribution >= 4 is 65.8 Å². The van der Waals surface area contributed by atoms with E-state index in [9.17, 15) is 0 Å². The highest BCUT2D eigenvalue weighted by molar-refractivity contribution is 6.08. The van der Waals surface area contributed by atoms with Gasteiger partial charge in [-0.1, -0.05) is 36.4 Å². The number of fused-ring (bicyclic) bond motifs is 9. The van der Waals surface area contributed by atoms with Gasteiger partial charge < -0.3 is 0 Å². The van der Waals surface area contributed by atoms with Crippen molar-refractivity contribution in [3.05, 3.63) is 122 Å². The van der Waals surface area contributed by atoms with Crippen molar-refractivity contribution < 1.29 is 0 Å². The lowest BCUT2D eigenvalue weighted by Crippen LogP contribution is -2.11. The Morgan fingerprint density at radius 2 is 1.00 bits per heavy atom. The van der Waals surface area contributed by atoms with Gasteiger partial charge in [0, 0.05) is 68.9 Å². The van der Waals surface area contributed by atoms with Crippen molar-refractivity contribution in [2.45, 2.75) is 0 Å². The highest BCUT2D eigenvalue weighted by Gasteiger charge is 2.22. The molecule has 10 nitrogen and oxygen atoms in total. The third kappa shape index (κ3) is 3.52. The molecular formula is C36H20N10. The summed E-state index contributed by atoms with van der Waals surface area (Å²) in [5.74, 6) is 1.27. The van der Waals surface area contributed by atoms with Gasteiger partial charge in [-0.05, 0) is 54.6 Å². The van der Waals surface area contributed by atoms with Gasteiger partial charge >= 0.3 is 0 Å². The van der Waals surface area contributed by atoms with E-state index < -0.39 is 0 Å². The van der Waals surface area contributed by atoms with E-state index in [1.807, 2.05) is 69.8 Å². The average Bonchev–Trinajstić information content (AvgIpc) is 3.64. The Balaban J connectivity index is 1.30. The molecule has 0 unspecified atom stereocenters. The molecule has 10 aromatic rings. The number of rotatable bonds is 3. The van der Waals surface area contributed by atoms with Gasteiger partial charge in [0.05, 0.1) is 16.6 Å². The molecule has 0 radical (unpaired) electrons. The molecular weight excluding hydrogens is 572 g/mol. The number of hydrogen-bond acceptors (Lipinski definition) is 8. The van der Waals surface area contributed by atoms with Gasteiger partial charge in [-0.2, -0.15) is 15.0 Å². The normalized spacial score (nSPS) is 11.9. The van der Waals surface area contributed by atoms with Crippen molar-refractivity contribution in [3.63, 3.8) is 0 Å². The topological polar surface area (TPSA) is 113 Å². The van der Waals surface area contributed by atoms with Crippen molar-refractivity contribution in [1.29, 1.82) is 0 Å². The minimum absolute atomic E-state index is 0.388. The van der Waals surface area contributed by atoms with Gasteiger partial charge in [0.1, 0.15) is 16.9 Å². The first-order valence-electron chi connectivity index (χ1n) is 14.8. The summed E-state index contributed by atoms with van der Waals surface area (Å²) in [6, 6.07) is 30.2. The van der Waals surface area contributed by atoms with Crippen LogP contribution >= 0.6 is 0 Å². The zero-order chi connectivity index (χ0) is 30.2. The fourth-order valence-corrected chi connectivity index (χ4v) is 6.40. The van der Waals surface area contributed by atoms with E-state index in [0.29, 0.717) is 29.0 Å². The Labute approximate surface area is 259 Å². The van der Waals surface area contributed by atoms with E-state index in [1.165, 1.54) is 0 Å². The summed E-state index contributed by atoms with van der Waals surface area (Å²) in [7, 11) is 0. The molecule has 8 aromatic heterocycles. The van der Waals surface area contributed by atoms with Crippen LogP contribution in [-0.2, 0) is 0 Å². The highest BCUT2D eigenvalue weighted by atomic mass is 15.3. The molecule has 214 valence electrons. The third-order valence-electron chi connectivity index (χ3n) is 8.41. The van der Waals surface area contributed by atoms with Crippen LogP contribution in [0.4, 0.5) is 0 Å². The highest BCUT2D eigenvalue weighted by Crippen LogP contribution is 2.33. The van der Waals surface area contributed by atoms with Gasteiger partial charge in [0.2, 0.25) is 11.9 Å². The fraction of sp³-hybridized carbons (Fsp3) is 0. The van der Waals surface area contributed by atoms with Crippen LogP contribution in [0.1, 0.15) is 0 Å². The largest absolute Gasteiger partial charge is 0.262 e. The van der Waals surface area contributed by atoms with E-state index in [4.69, 9.17) is 34.9 Å². The fourth-order valence-electron chi connectivity index (χ4n) is 6.40. The second-order valence-electron chi connectivity index (χ2n) is 11.0. The lowest BCUT2D eigenvalue weighted by atomic mass is 10.1. The number of para-hydroxylation sites is 1. The van der Waals surface area contributed by atoms with Crippen LogP contribution in [0, 0.1) is 0 Å².